The van der Waals surface area contributed by atoms with Crippen LogP contribution < -0.4 is 9.54 Å². The molecule has 1 aromatic heterocycles. The smallest absolute Gasteiger partial charge is 0.186 e. The highest BCUT2D eigenvalue weighted by Crippen LogP contribution is 2.28. The molecule has 28 heavy (non-hydrogen) atoms. The van der Waals surface area contributed by atoms with Gasteiger partial charge in [-0.3, -0.25) is 4.99 Å². The lowest BCUT2D eigenvalue weighted by atomic mass is 10.2. The van der Waals surface area contributed by atoms with E-state index in [1.165, 1.54) is 40.6 Å². The van der Waals surface area contributed by atoms with Gasteiger partial charge in [0.2, 0.25) is 0 Å². The second-order valence-electron chi connectivity index (χ2n) is 7.33. The van der Waals surface area contributed by atoms with Crippen LogP contribution in [-0.2, 0) is 6.54 Å². The molecule has 0 amide bonds. The van der Waals surface area contributed by atoms with E-state index in [0.717, 1.165) is 43.1 Å². The van der Waals surface area contributed by atoms with Crippen molar-refractivity contribution in [3.05, 3.63) is 58.4 Å². The Morgan fingerprint density at radius 2 is 1.79 bits per heavy atom. The predicted molar refractivity (Wildman–Crippen MR) is 120 cm³/mol. The molecule has 1 heterocycles. The average Bonchev–Trinajstić information content (AvgIpc) is 3.02. The fourth-order valence-electron chi connectivity index (χ4n) is 3.26. The van der Waals surface area contributed by atoms with Crippen molar-refractivity contribution in [1.82, 2.24) is 4.57 Å². The Balaban J connectivity index is 1.99. The Hall–Kier alpha value is -2.07. The van der Waals surface area contributed by atoms with E-state index >= 15 is 0 Å². The normalized spacial score (nSPS) is 12.0. The van der Waals surface area contributed by atoms with Crippen LogP contribution >= 0.6 is 11.3 Å². The van der Waals surface area contributed by atoms with Gasteiger partial charge in [-0.1, -0.05) is 74.8 Å². The fraction of sp³-hybridized carbons (Fsp3) is 0.458. The highest BCUT2D eigenvalue weighted by molar-refractivity contribution is 7.16. The third-order valence-electron chi connectivity index (χ3n) is 4.93. The zero-order chi connectivity index (χ0) is 19.8. The summed E-state index contributed by atoms with van der Waals surface area (Å²) in [5, 5.41) is 0. The average molecular weight is 397 g/mol. The van der Waals surface area contributed by atoms with Crippen molar-refractivity contribution in [3.63, 3.8) is 0 Å². The maximum Gasteiger partial charge on any atom is 0.186 e. The number of hydrogen-bond donors (Lipinski definition) is 0. The number of nitrogens with zero attached hydrogens (tertiary/aromatic N) is 2. The summed E-state index contributed by atoms with van der Waals surface area (Å²) in [5.74, 6) is 1.00. The van der Waals surface area contributed by atoms with Gasteiger partial charge in [0.1, 0.15) is 5.75 Å². The molecule has 0 unspecified atom stereocenters. The van der Waals surface area contributed by atoms with Crippen molar-refractivity contribution < 1.29 is 4.74 Å². The minimum Gasteiger partial charge on any atom is -0.493 e. The Bertz CT molecular complexity index is 940. The molecule has 3 rings (SSSR count). The molecule has 0 radical (unpaired) electrons. The Labute approximate surface area is 172 Å². The summed E-state index contributed by atoms with van der Waals surface area (Å²) in [6, 6.07) is 15.1. The van der Waals surface area contributed by atoms with Crippen LogP contribution in [0.4, 0.5) is 0 Å². The molecule has 0 aliphatic heterocycles. The molecule has 3 nitrogen and oxygen atoms in total. The van der Waals surface area contributed by atoms with Crippen LogP contribution in [0.3, 0.4) is 0 Å². The van der Waals surface area contributed by atoms with Gasteiger partial charge in [-0.15, -0.1) is 0 Å². The number of benzene rings is 2. The van der Waals surface area contributed by atoms with Gasteiger partial charge < -0.3 is 9.30 Å². The molecule has 0 atom stereocenters. The van der Waals surface area contributed by atoms with Crippen LogP contribution in [0, 0.1) is 6.92 Å². The lowest BCUT2D eigenvalue weighted by molar-refractivity contribution is 0.304. The van der Waals surface area contributed by atoms with Crippen molar-refractivity contribution in [3.8, 4) is 5.75 Å². The number of fused-ring (bicyclic) bond motifs is 1. The first-order chi connectivity index (χ1) is 13.7. The van der Waals surface area contributed by atoms with Gasteiger partial charge >= 0.3 is 0 Å². The minimum absolute atomic E-state index is 0.788. The van der Waals surface area contributed by atoms with Crippen LogP contribution in [0.5, 0.6) is 5.75 Å². The van der Waals surface area contributed by atoms with Gasteiger partial charge in [0, 0.05) is 12.6 Å². The zero-order valence-corrected chi connectivity index (χ0v) is 18.2. The van der Waals surface area contributed by atoms with Crippen molar-refractivity contribution in [2.75, 3.05) is 13.2 Å². The highest BCUT2D eigenvalue weighted by atomic mass is 32.1. The first-order valence-electron chi connectivity index (χ1n) is 10.5. The summed E-state index contributed by atoms with van der Waals surface area (Å²) in [6.07, 6.45) is 5.84. The van der Waals surface area contributed by atoms with Gasteiger partial charge in [0.05, 0.1) is 23.4 Å². The Kier molecular flexibility index (Phi) is 7.72. The second-order valence-corrected chi connectivity index (χ2v) is 8.34. The fourth-order valence-corrected chi connectivity index (χ4v) is 4.39. The van der Waals surface area contributed by atoms with E-state index in [4.69, 9.17) is 9.73 Å². The van der Waals surface area contributed by atoms with Crippen LogP contribution in [0.2, 0.25) is 0 Å². The standard InChI is InChI=1S/C24H32N2OS/c1-4-6-11-15-27-22-17-21-23(16-19(22)3)28-24(25-14-7-5-2)26(21)18-20-12-9-8-10-13-20/h8-10,12-13,16-17H,4-7,11,14-15,18H2,1-3H3. The summed E-state index contributed by atoms with van der Waals surface area (Å²) >= 11 is 1.79. The van der Waals surface area contributed by atoms with Gasteiger partial charge in [0.15, 0.2) is 4.80 Å². The molecule has 4 heteroatoms. The molecule has 0 fully saturated rings. The SMILES string of the molecule is CCCCCOc1cc2c(cc1C)sc(=NCCCC)n2Cc1ccccc1. The van der Waals surface area contributed by atoms with E-state index < -0.39 is 0 Å². The molecule has 0 bridgehead atoms. The first kappa shape index (κ1) is 20.7. The third kappa shape index (κ3) is 5.26. The van der Waals surface area contributed by atoms with E-state index in [9.17, 15) is 0 Å². The van der Waals surface area contributed by atoms with Gasteiger partial charge in [-0.25, -0.2) is 0 Å². The summed E-state index contributed by atoms with van der Waals surface area (Å²) in [5.41, 5.74) is 3.72. The molecule has 3 aromatic rings. The molecule has 0 saturated heterocycles. The van der Waals surface area contributed by atoms with E-state index in [2.05, 4.69) is 67.8 Å². The van der Waals surface area contributed by atoms with Crippen LogP contribution in [0.1, 0.15) is 57.1 Å². The number of aromatic nitrogens is 1. The van der Waals surface area contributed by atoms with Gasteiger partial charge in [-0.2, -0.15) is 0 Å². The van der Waals surface area contributed by atoms with Gasteiger partial charge in [-0.05, 0) is 37.0 Å². The zero-order valence-electron chi connectivity index (χ0n) is 17.4. The molecule has 0 saturated carbocycles. The lowest BCUT2D eigenvalue weighted by Crippen LogP contribution is -2.16. The number of unbranched alkanes of at least 4 members (excludes halogenated alkanes) is 3. The highest BCUT2D eigenvalue weighted by Gasteiger charge is 2.11. The molecule has 0 spiro atoms. The summed E-state index contributed by atoms with van der Waals surface area (Å²) in [4.78, 5) is 6.02. The van der Waals surface area contributed by atoms with E-state index in [0.29, 0.717) is 0 Å². The maximum absolute atomic E-state index is 6.12. The van der Waals surface area contributed by atoms with Crippen molar-refractivity contribution in [2.24, 2.45) is 4.99 Å². The number of rotatable bonds is 10. The molecule has 0 aliphatic carbocycles. The molecular formula is C24H32N2OS. The predicted octanol–water partition coefficient (Wildman–Crippen LogP) is 6.33. The van der Waals surface area contributed by atoms with E-state index in [-0.39, 0.29) is 0 Å². The lowest BCUT2D eigenvalue weighted by Gasteiger charge is -2.11. The topological polar surface area (TPSA) is 26.5 Å². The second kappa shape index (κ2) is 10.5. The number of thiazole rings is 1. The minimum atomic E-state index is 0.788. The third-order valence-corrected chi connectivity index (χ3v) is 6.01. The molecule has 0 N–H and O–H groups in total. The van der Waals surface area contributed by atoms with E-state index in [1.807, 2.05) is 0 Å². The van der Waals surface area contributed by atoms with Crippen LogP contribution in [0.25, 0.3) is 10.2 Å². The van der Waals surface area contributed by atoms with Gasteiger partial charge in [0.25, 0.3) is 0 Å². The summed E-state index contributed by atoms with van der Waals surface area (Å²) < 4.78 is 9.75. The number of hydrogen-bond acceptors (Lipinski definition) is 3. The van der Waals surface area contributed by atoms with Crippen molar-refractivity contribution >= 4 is 21.6 Å². The quantitative estimate of drug-likeness (QED) is 0.368. The van der Waals surface area contributed by atoms with Crippen molar-refractivity contribution in [1.29, 1.82) is 0 Å². The number of ether oxygens (including phenoxy) is 1. The Morgan fingerprint density at radius 1 is 1.00 bits per heavy atom. The van der Waals surface area contributed by atoms with Crippen LogP contribution in [0.15, 0.2) is 47.5 Å². The summed E-state index contributed by atoms with van der Waals surface area (Å²) in [7, 11) is 0. The molecule has 2 aromatic carbocycles. The number of aryl methyl sites for hydroxylation is 1. The largest absolute Gasteiger partial charge is 0.493 e. The molecule has 150 valence electrons. The van der Waals surface area contributed by atoms with Crippen LogP contribution in [-0.4, -0.2) is 17.7 Å². The maximum atomic E-state index is 6.12. The first-order valence-corrected chi connectivity index (χ1v) is 11.4. The molecular weight excluding hydrogens is 364 g/mol. The molecule has 0 aliphatic rings. The van der Waals surface area contributed by atoms with E-state index in [1.54, 1.807) is 11.3 Å². The van der Waals surface area contributed by atoms with Crippen molar-refractivity contribution in [2.45, 2.75) is 59.4 Å². The Morgan fingerprint density at radius 3 is 2.54 bits per heavy atom. The summed E-state index contributed by atoms with van der Waals surface area (Å²) in [6.45, 7) is 9.09. The monoisotopic (exact) mass is 396 g/mol.